The van der Waals surface area contributed by atoms with Gasteiger partial charge in [-0.15, -0.1) is 0 Å². The first-order valence-corrected chi connectivity index (χ1v) is 8.33. The van der Waals surface area contributed by atoms with E-state index in [-0.39, 0.29) is 5.76 Å². The van der Waals surface area contributed by atoms with E-state index in [0.717, 1.165) is 10.8 Å². The molecule has 0 radical (unpaired) electrons. The maximum atomic E-state index is 12.1. The number of rotatable bonds is 4. The van der Waals surface area contributed by atoms with Crippen molar-refractivity contribution >= 4 is 38.5 Å². The van der Waals surface area contributed by atoms with Gasteiger partial charge < -0.3 is 9.15 Å². The quantitative estimate of drug-likeness (QED) is 0.655. The van der Waals surface area contributed by atoms with Gasteiger partial charge in [-0.05, 0) is 57.9 Å². The van der Waals surface area contributed by atoms with Gasteiger partial charge in [0.25, 0.3) is 5.91 Å². The molecule has 3 rings (SSSR count). The van der Waals surface area contributed by atoms with Crippen molar-refractivity contribution in [3.05, 3.63) is 65.0 Å². The minimum Gasteiger partial charge on any atom is -0.481 e. The minimum atomic E-state index is -0.787. The van der Waals surface area contributed by atoms with Gasteiger partial charge in [-0.3, -0.25) is 20.4 Å². The van der Waals surface area contributed by atoms with Gasteiger partial charge in [0, 0.05) is 0 Å². The van der Waals surface area contributed by atoms with Crippen LogP contribution in [-0.2, 0) is 4.79 Å². The molecule has 128 valence electrons. The predicted molar refractivity (Wildman–Crippen MR) is 96.1 cm³/mol. The zero-order chi connectivity index (χ0) is 17.8. The van der Waals surface area contributed by atoms with Crippen molar-refractivity contribution in [1.29, 1.82) is 0 Å². The van der Waals surface area contributed by atoms with Gasteiger partial charge in [-0.25, -0.2) is 0 Å². The summed E-state index contributed by atoms with van der Waals surface area (Å²) in [6, 6.07) is 16.5. The number of nitrogens with one attached hydrogen (secondary N) is 2. The van der Waals surface area contributed by atoms with Crippen LogP contribution in [0.2, 0.25) is 0 Å². The molecular weight excluding hydrogens is 388 g/mol. The summed E-state index contributed by atoms with van der Waals surface area (Å²) in [7, 11) is 0. The molecule has 0 aliphatic rings. The van der Waals surface area contributed by atoms with Gasteiger partial charge >= 0.3 is 5.91 Å². The van der Waals surface area contributed by atoms with Gasteiger partial charge in [-0.1, -0.05) is 30.3 Å². The van der Waals surface area contributed by atoms with Gasteiger partial charge in [-0.2, -0.15) is 0 Å². The maximum absolute atomic E-state index is 12.1. The van der Waals surface area contributed by atoms with Crippen LogP contribution in [0.25, 0.3) is 10.8 Å². The van der Waals surface area contributed by atoms with Crippen LogP contribution in [0.5, 0.6) is 5.75 Å². The largest absolute Gasteiger partial charge is 0.481 e. The van der Waals surface area contributed by atoms with Crippen molar-refractivity contribution < 1.29 is 18.7 Å². The molecule has 0 saturated carbocycles. The average molecular weight is 403 g/mol. The number of carbonyl (C=O) groups is 2. The third kappa shape index (κ3) is 4.19. The topological polar surface area (TPSA) is 80.6 Å². The fourth-order valence-electron chi connectivity index (χ4n) is 2.22. The number of amides is 2. The molecule has 0 aliphatic heterocycles. The highest BCUT2D eigenvalue weighted by molar-refractivity contribution is 9.10. The fraction of sp³-hybridized carbons (Fsp3) is 0.111. The van der Waals surface area contributed by atoms with E-state index < -0.39 is 17.9 Å². The highest BCUT2D eigenvalue weighted by atomic mass is 79.9. The standard InChI is InChI=1S/C18H15BrN2O4/c1-11(17(22)20-21-18(23)15-8-9-16(19)25-15)24-14-7-6-12-4-2-3-5-13(12)10-14/h2-11H,1H3,(H,20,22)(H,21,23). The number of hydrogen-bond donors (Lipinski definition) is 2. The van der Waals surface area contributed by atoms with E-state index in [1.54, 1.807) is 19.1 Å². The molecule has 0 aliphatic carbocycles. The van der Waals surface area contributed by atoms with Crippen LogP contribution in [0.3, 0.4) is 0 Å². The summed E-state index contributed by atoms with van der Waals surface area (Å²) in [6.07, 6.45) is -0.787. The first-order chi connectivity index (χ1) is 12.0. The van der Waals surface area contributed by atoms with Crippen LogP contribution in [-0.4, -0.2) is 17.9 Å². The molecule has 3 aromatic rings. The molecule has 2 amide bonds. The molecule has 0 bridgehead atoms. The highest BCUT2D eigenvalue weighted by Crippen LogP contribution is 2.21. The Labute approximate surface area is 152 Å². The van der Waals surface area contributed by atoms with Crippen molar-refractivity contribution in [2.45, 2.75) is 13.0 Å². The maximum Gasteiger partial charge on any atom is 0.305 e. The number of benzene rings is 2. The lowest BCUT2D eigenvalue weighted by atomic mass is 10.1. The van der Waals surface area contributed by atoms with Crippen LogP contribution in [0.4, 0.5) is 0 Å². The molecule has 1 heterocycles. The van der Waals surface area contributed by atoms with Gasteiger partial charge in [0.2, 0.25) is 0 Å². The van der Waals surface area contributed by atoms with E-state index in [1.165, 1.54) is 6.07 Å². The van der Waals surface area contributed by atoms with Crippen molar-refractivity contribution in [3.8, 4) is 5.75 Å². The summed E-state index contributed by atoms with van der Waals surface area (Å²) in [5, 5.41) is 2.10. The van der Waals surface area contributed by atoms with Crippen LogP contribution in [0.1, 0.15) is 17.5 Å². The van der Waals surface area contributed by atoms with Crippen LogP contribution < -0.4 is 15.6 Å². The molecule has 7 heteroatoms. The van der Waals surface area contributed by atoms with Crippen molar-refractivity contribution in [2.75, 3.05) is 0 Å². The Balaban J connectivity index is 1.57. The summed E-state index contributed by atoms with van der Waals surface area (Å²) >= 11 is 3.10. The third-order valence-electron chi connectivity index (χ3n) is 3.50. The molecule has 0 saturated heterocycles. The Hall–Kier alpha value is -2.80. The van der Waals surface area contributed by atoms with E-state index in [9.17, 15) is 9.59 Å². The van der Waals surface area contributed by atoms with Crippen molar-refractivity contribution in [1.82, 2.24) is 10.9 Å². The Kier molecular flexibility index (Phi) is 5.04. The van der Waals surface area contributed by atoms with Gasteiger partial charge in [0.1, 0.15) is 5.75 Å². The number of carbonyl (C=O) groups excluding carboxylic acids is 2. The molecular formula is C18H15BrN2O4. The second-order valence-corrected chi connectivity index (χ2v) is 6.10. The molecule has 6 nitrogen and oxygen atoms in total. The lowest BCUT2D eigenvalue weighted by molar-refractivity contribution is -0.128. The lowest BCUT2D eigenvalue weighted by Gasteiger charge is -2.15. The lowest BCUT2D eigenvalue weighted by Crippen LogP contribution is -2.47. The number of fused-ring (bicyclic) bond motifs is 1. The smallest absolute Gasteiger partial charge is 0.305 e. The molecule has 1 unspecified atom stereocenters. The fourth-order valence-corrected chi connectivity index (χ4v) is 2.52. The molecule has 0 spiro atoms. The molecule has 1 atom stereocenters. The predicted octanol–water partition coefficient (Wildman–Crippen LogP) is 3.42. The molecule has 25 heavy (non-hydrogen) atoms. The van der Waals surface area contributed by atoms with E-state index >= 15 is 0 Å². The normalized spacial score (nSPS) is 11.8. The van der Waals surface area contributed by atoms with Crippen molar-refractivity contribution in [2.24, 2.45) is 0 Å². The van der Waals surface area contributed by atoms with Crippen LogP contribution >= 0.6 is 15.9 Å². The molecule has 0 fully saturated rings. The SMILES string of the molecule is CC(Oc1ccc2ccccc2c1)C(=O)NNC(=O)c1ccc(Br)o1. The number of hydrogen-bond acceptors (Lipinski definition) is 4. The van der Waals surface area contributed by atoms with Crippen LogP contribution in [0.15, 0.2) is 63.7 Å². The number of ether oxygens (including phenoxy) is 1. The number of furan rings is 1. The first-order valence-electron chi connectivity index (χ1n) is 7.54. The van der Waals surface area contributed by atoms with E-state index in [2.05, 4.69) is 26.8 Å². The Bertz CT molecular complexity index is 922. The zero-order valence-electron chi connectivity index (χ0n) is 13.3. The van der Waals surface area contributed by atoms with Crippen molar-refractivity contribution in [3.63, 3.8) is 0 Å². The second-order valence-electron chi connectivity index (χ2n) is 5.32. The van der Waals surface area contributed by atoms with E-state index in [0.29, 0.717) is 10.4 Å². The molecule has 1 aromatic heterocycles. The van der Waals surface area contributed by atoms with Gasteiger partial charge in [0.05, 0.1) is 0 Å². The van der Waals surface area contributed by atoms with E-state index in [1.807, 2.05) is 36.4 Å². The first kappa shape index (κ1) is 17.0. The molecule has 2 N–H and O–H groups in total. The summed E-state index contributed by atoms with van der Waals surface area (Å²) in [4.78, 5) is 23.9. The number of hydrazine groups is 1. The average Bonchev–Trinajstić information content (AvgIpc) is 3.05. The summed E-state index contributed by atoms with van der Waals surface area (Å²) in [6.45, 7) is 1.60. The van der Waals surface area contributed by atoms with Crippen LogP contribution in [0, 0.1) is 0 Å². The highest BCUT2D eigenvalue weighted by Gasteiger charge is 2.17. The van der Waals surface area contributed by atoms with E-state index in [4.69, 9.17) is 9.15 Å². The minimum absolute atomic E-state index is 0.0790. The summed E-state index contributed by atoms with van der Waals surface area (Å²) < 4.78 is 11.2. The second kappa shape index (κ2) is 7.40. The third-order valence-corrected chi connectivity index (χ3v) is 3.93. The summed E-state index contributed by atoms with van der Waals surface area (Å²) in [5.41, 5.74) is 4.58. The monoisotopic (exact) mass is 402 g/mol. The Morgan fingerprint density at radius 1 is 1.04 bits per heavy atom. The Morgan fingerprint density at radius 3 is 2.52 bits per heavy atom. The van der Waals surface area contributed by atoms with Gasteiger partial charge in [0.15, 0.2) is 16.5 Å². The Morgan fingerprint density at radius 2 is 1.80 bits per heavy atom. The summed E-state index contributed by atoms with van der Waals surface area (Å²) in [5.74, 6) is -0.387. The number of halogens is 1. The zero-order valence-corrected chi connectivity index (χ0v) is 14.9. The molecule has 2 aromatic carbocycles.